The Bertz CT molecular complexity index is 476. The minimum absolute atomic E-state index is 0.370. The van der Waals surface area contributed by atoms with Crippen molar-refractivity contribution in [3.05, 3.63) is 23.8 Å². The molecule has 1 aliphatic rings. The van der Waals surface area contributed by atoms with Crippen molar-refractivity contribution in [1.82, 2.24) is 0 Å². The zero-order valence-corrected chi connectivity index (χ0v) is 12.3. The molecule has 1 aromatic carbocycles. The van der Waals surface area contributed by atoms with Crippen LogP contribution in [-0.2, 0) is 0 Å². The number of rotatable bonds is 2. The first-order valence-electron chi connectivity index (χ1n) is 6.45. The van der Waals surface area contributed by atoms with Gasteiger partial charge in [0, 0.05) is 29.7 Å². The average Bonchev–Trinajstić information content (AvgIpc) is 2.35. The highest BCUT2D eigenvalue weighted by atomic mass is 32.2. The molecule has 0 saturated heterocycles. The number of nitriles is 1. The van der Waals surface area contributed by atoms with E-state index in [1.165, 1.54) is 16.1 Å². The van der Waals surface area contributed by atoms with Gasteiger partial charge in [0.2, 0.25) is 0 Å². The zero-order chi connectivity index (χ0) is 13.3. The molecule has 1 aromatic rings. The van der Waals surface area contributed by atoms with Crippen molar-refractivity contribution >= 4 is 17.4 Å². The Hall–Kier alpha value is -1.14. The summed E-state index contributed by atoms with van der Waals surface area (Å²) in [6.07, 6.45) is 0.613. The molecule has 2 nitrogen and oxygen atoms in total. The topological polar surface area (TPSA) is 27.0 Å². The van der Waals surface area contributed by atoms with Gasteiger partial charge < -0.3 is 4.90 Å². The van der Waals surface area contributed by atoms with Gasteiger partial charge >= 0.3 is 0 Å². The lowest BCUT2D eigenvalue weighted by atomic mass is 9.99. The largest absolute Gasteiger partial charge is 0.370 e. The van der Waals surface area contributed by atoms with Gasteiger partial charge in [-0.25, -0.2) is 0 Å². The van der Waals surface area contributed by atoms with Crippen molar-refractivity contribution < 1.29 is 0 Å². The minimum atomic E-state index is 0.370. The minimum Gasteiger partial charge on any atom is -0.370 e. The Kier molecular flexibility index (Phi) is 3.87. The van der Waals surface area contributed by atoms with Crippen LogP contribution in [0.1, 0.15) is 38.7 Å². The molecular weight excluding hydrogens is 240 g/mol. The lowest BCUT2D eigenvalue weighted by Crippen LogP contribution is -2.41. The van der Waals surface area contributed by atoms with Gasteiger partial charge in [-0.2, -0.15) is 5.26 Å². The fourth-order valence-corrected chi connectivity index (χ4v) is 3.89. The highest BCUT2D eigenvalue weighted by molar-refractivity contribution is 8.00. The van der Waals surface area contributed by atoms with Gasteiger partial charge in [0.1, 0.15) is 0 Å². The number of nitrogens with zero attached hydrogens (tertiary/aromatic N) is 2. The van der Waals surface area contributed by atoms with E-state index in [1.54, 1.807) is 0 Å². The molecule has 0 bridgehead atoms. The molecule has 0 N–H and O–H groups in total. The van der Waals surface area contributed by atoms with Crippen LogP contribution >= 0.6 is 11.8 Å². The van der Waals surface area contributed by atoms with E-state index in [1.807, 2.05) is 11.8 Å². The van der Waals surface area contributed by atoms with Crippen LogP contribution in [0.5, 0.6) is 0 Å². The zero-order valence-electron chi connectivity index (χ0n) is 11.5. The highest BCUT2D eigenvalue weighted by Crippen LogP contribution is 2.45. The van der Waals surface area contributed by atoms with E-state index >= 15 is 0 Å². The standard InChI is InChI=1S/C15H20N2S/c1-10(2)12-6-5-7-14-15(12)17(4)11(3)13(18-14)8-9-16/h5-7,10-11,13H,8H2,1-4H3. The SMILES string of the molecule is CC(C)c1cccc2c1N(C)C(C)C(CC#N)S2. The van der Waals surface area contributed by atoms with Crippen LogP contribution in [0.4, 0.5) is 5.69 Å². The summed E-state index contributed by atoms with van der Waals surface area (Å²) in [5, 5.41) is 9.30. The van der Waals surface area contributed by atoms with Gasteiger partial charge in [-0.3, -0.25) is 0 Å². The quantitative estimate of drug-likeness (QED) is 0.803. The molecule has 2 rings (SSSR count). The van der Waals surface area contributed by atoms with Crippen LogP contribution in [0.15, 0.2) is 23.1 Å². The molecular formula is C15H20N2S. The summed E-state index contributed by atoms with van der Waals surface area (Å²) in [4.78, 5) is 3.67. The molecule has 0 radical (unpaired) electrons. The van der Waals surface area contributed by atoms with E-state index in [-0.39, 0.29) is 0 Å². The maximum absolute atomic E-state index is 8.93. The highest BCUT2D eigenvalue weighted by Gasteiger charge is 2.31. The summed E-state index contributed by atoms with van der Waals surface area (Å²) in [5.74, 6) is 0.530. The second kappa shape index (κ2) is 5.24. The fourth-order valence-electron chi connectivity index (χ4n) is 2.49. The first kappa shape index (κ1) is 13.3. The summed E-state index contributed by atoms with van der Waals surface area (Å²) in [6, 6.07) is 9.25. The van der Waals surface area contributed by atoms with Gasteiger partial charge in [0.05, 0.1) is 11.8 Å². The Morgan fingerprint density at radius 1 is 1.44 bits per heavy atom. The van der Waals surface area contributed by atoms with Gasteiger partial charge in [-0.05, 0) is 24.5 Å². The first-order valence-corrected chi connectivity index (χ1v) is 7.33. The third-order valence-corrected chi connectivity index (χ3v) is 5.17. The summed E-state index contributed by atoms with van der Waals surface area (Å²) in [5.41, 5.74) is 2.77. The summed E-state index contributed by atoms with van der Waals surface area (Å²) < 4.78 is 0. The predicted molar refractivity (Wildman–Crippen MR) is 78.3 cm³/mol. The molecule has 0 aliphatic carbocycles. The van der Waals surface area contributed by atoms with Crippen molar-refractivity contribution in [3.63, 3.8) is 0 Å². The van der Waals surface area contributed by atoms with Gasteiger partial charge in [0.25, 0.3) is 0 Å². The maximum Gasteiger partial charge on any atom is 0.0634 e. The molecule has 0 saturated carbocycles. The van der Waals surface area contributed by atoms with Crippen molar-refractivity contribution in [3.8, 4) is 6.07 Å². The second-order valence-corrected chi connectivity index (χ2v) is 6.50. The Balaban J connectivity index is 2.45. The molecule has 18 heavy (non-hydrogen) atoms. The number of thioether (sulfide) groups is 1. The normalized spacial score (nSPS) is 22.8. The third kappa shape index (κ3) is 2.22. The molecule has 1 heterocycles. The second-order valence-electron chi connectivity index (χ2n) is 5.22. The maximum atomic E-state index is 8.93. The van der Waals surface area contributed by atoms with E-state index in [2.05, 4.69) is 57.0 Å². The Morgan fingerprint density at radius 3 is 2.78 bits per heavy atom. The van der Waals surface area contributed by atoms with Crippen molar-refractivity contribution in [2.45, 2.75) is 49.3 Å². The molecule has 0 fully saturated rings. The summed E-state index contributed by atoms with van der Waals surface area (Å²) in [7, 11) is 2.15. The molecule has 0 spiro atoms. The molecule has 96 valence electrons. The van der Waals surface area contributed by atoms with Crippen molar-refractivity contribution in [2.75, 3.05) is 11.9 Å². The summed E-state index contributed by atoms with van der Waals surface area (Å²) in [6.45, 7) is 6.69. The van der Waals surface area contributed by atoms with Gasteiger partial charge in [0.15, 0.2) is 0 Å². The Morgan fingerprint density at radius 2 is 2.17 bits per heavy atom. The molecule has 0 amide bonds. The van der Waals surface area contributed by atoms with Crippen LogP contribution in [0, 0.1) is 11.3 Å². The van der Waals surface area contributed by atoms with Gasteiger partial charge in [-0.1, -0.05) is 26.0 Å². The molecule has 2 unspecified atom stereocenters. The van der Waals surface area contributed by atoms with Crippen molar-refractivity contribution in [2.24, 2.45) is 0 Å². The summed E-state index contributed by atoms with van der Waals surface area (Å²) >= 11 is 1.86. The molecule has 0 aromatic heterocycles. The van der Waals surface area contributed by atoms with Crippen LogP contribution < -0.4 is 4.90 Å². The monoisotopic (exact) mass is 260 g/mol. The van der Waals surface area contributed by atoms with E-state index in [4.69, 9.17) is 5.26 Å². The molecule has 1 aliphatic heterocycles. The van der Waals surface area contributed by atoms with Crippen LogP contribution in [0.3, 0.4) is 0 Å². The number of benzene rings is 1. The third-order valence-electron chi connectivity index (χ3n) is 3.72. The number of hydrogen-bond donors (Lipinski definition) is 0. The lowest BCUT2D eigenvalue weighted by Gasteiger charge is -2.40. The van der Waals surface area contributed by atoms with Crippen LogP contribution in [0.2, 0.25) is 0 Å². The number of fused-ring (bicyclic) bond motifs is 1. The van der Waals surface area contributed by atoms with E-state index in [9.17, 15) is 0 Å². The fraction of sp³-hybridized carbons (Fsp3) is 0.533. The van der Waals surface area contributed by atoms with Crippen LogP contribution in [0.25, 0.3) is 0 Å². The smallest absolute Gasteiger partial charge is 0.0634 e. The molecule has 3 heteroatoms. The van der Waals surface area contributed by atoms with E-state index < -0.39 is 0 Å². The van der Waals surface area contributed by atoms with Crippen LogP contribution in [-0.4, -0.2) is 18.3 Å². The van der Waals surface area contributed by atoms with E-state index in [0.29, 0.717) is 23.6 Å². The first-order chi connectivity index (χ1) is 8.56. The van der Waals surface area contributed by atoms with Gasteiger partial charge in [-0.15, -0.1) is 11.8 Å². The molecule has 2 atom stereocenters. The number of hydrogen-bond acceptors (Lipinski definition) is 3. The number of para-hydroxylation sites is 1. The van der Waals surface area contributed by atoms with Crippen molar-refractivity contribution in [1.29, 1.82) is 5.26 Å². The number of anilines is 1. The van der Waals surface area contributed by atoms with E-state index in [0.717, 1.165) is 0 Å². The Labute approximate surface area is 114 Å². The lowest BCUT2D eigenvalue weighted by molar-refractivity contribution is 0.633. The average molecular weight is 260 g/mol. The predicted octanol–water partition coefficient (Wildman–Crippen LogP) is 4.02.